The second-order valence-electron chi connectivity index (χ2n) is 6.07. The van der Waals surface area contributed by atoms with Gasteiger partial charge in [0, 0.05) is 32.4 Å². The number of nitro benzene ring substituents is 1. The Bertz CT molecular complexity index is 713. The lowest BCUT2D eigenvalue weighted by Crippen LogP contribution is -2.21. The van der Waals surface area contributed by atoms with Crippen molar-refractivity contribution in [3.63, 3.8) is 0 Å². The number of benzene rings is 1. The summed E-state index contributed by atoms with van der Waals surface area (Å²) in [4.78, 5) is 13.0. The van der Waals surface area contributed by atoms with Gasteiger partial charge in [0.25, 0.3) is 5.69 Å². The summed E-state index contributed by atoms with van der Waals surface area (Å²) in [5.41, 5.74) is 2.60. The van der Waals surface area contributed by atoms with Crippen LogP contribution < -0.4 is 4.90 Å². The van der Waals surface area contributed by atoms with Crippen LogP contribution in [0.2, 0.25) is 0 Å². The number of aliphatic hydroxyl groups is 1. The van der Waals surface area contributed by atoms with Gasteiger partial charge in [-0.05, 0) is 42.0 Å². The molecular weight excluding hydrogens is 296 g/mol. The van der Waals surface area contributed by atoms with E-state index in [1.165, 1.54) is 11.6 Å². The zero-order valence-corrected chi connectivity index (χ0v) is 13.1. The Labute approximate surface area is 134 Å². The number of nitro groups is 1. The molecule has 2 aromatic rings. The van der Waals surface area contributed by atoms with Gasteiger partial charge in [-0.1, -0.05) is 0 Å². The van der Waals surface area contributed by atoms with E-state index in [1.54, 1.807) is 16.8 Å². The SMILES string of the molecule is Cn1cc(C[C@H]2CCN(c3cc(CO)ccc3[N+](=O)[O-])C2)cn1. The zero-order valence-electron chi connectivity index (χ0n) is 13.1. The summed E-state index contributed by atoms with van der Waals surface area (Å²) >= 11 is 0. The summed E-state index contributed by atoms with van der Waals surface area (Å²) in [5, 5.41) is 24.7. The topological polar surface area (TPSA) is 84.4 Å². The van der Waals surface area contributed by atoms with Crippen LogP contribution in [0.15, 0.2) is 30.6 Å². The number of anilines is 1. The molecule has 0 saturated carbocycles. The van der Waals surface area contributed by atoms with Gasteiger partial charge in [-0.15, -0.1) is 0 Å². The minimum absolute atomic E-state index is 0.101. The highest BCUT2D eigenvalue weighted by Crippen LogP contribution is 2.34. The van der Waals surface area contributed by atoms with Crippen LogP contribution in [-0.2, 0) is 20.1 Å². The summed E-state index contributed by atoms with van der Waals surface area (Å²) in [6.45, 7) is 1.46. The molecule has 2 heterocycles. The molecule has 1 aromatic carbocycles. The molecule has 0 unspecified atom stereocenters. The van der Waals surface area contributed by atoms with Crippen LogP contribution in [-0.4, -0.2) is 32.9 Å². The molecule has 1 saturated heterocycles. The summed E-state index contributed by atoms with van der Waals surface area (Å²) in [6.07, 6.45) is 5.81. The Morgan fingerprint density at radius 2 is 2.26 bits per heavy atom. The van der Waals surface area contributed by atoms with Crippen molar-refractivity contribution in [3.8, 4) is 0 Å². The van der Waals surface area contributed by atoms with Crippen molar-refractivity contribution in [1.29, 1.82) is 0 Å². The number of rotatable bonds is 5. The van der Waals surface area contributed by atoms with E-state index >= 15 is 0 Å². The normalized spacial score (nSPS) is 17.7. The molecule has 1 aliphatic rings. The predicted octanol–water partition coefficient (Wildman–Crippen LogP) is 1.89. The Balaban J connectivity index is 1.76. The number of aryl methyl sites for hydroxylation is 1. The molecule has 122 valence electrons. The van der Waals surface area contributed by atoms with E-state index in [9.17, 15) is 15.2 Å². The van der Waals surface area contributed by atoms with Crippen LogP contribution in [0.5, 0.6) is 0 Å². The fourth-order valence-electron chi connectivity index (χ4n) is 3.20. The molecule has 1 aromatic heterocycles. The second-order valence-corrected chi connectivity index (χ2v) is 6.07. The number of aromatic nitrogens is 2. The van der Waals surface area contributed by atoms with E-state index < -0.39 is 0 Å². The maximum absolute atomic E-state index is 11.3. The van der Waals surface area contributed by atoms with Gasteiger partial charge in [0.15, 0.2) is 0 Å². The van der Waals surface area contributed by atoms with Crippen LogP contribution >= 0.6 is 0 Å². The van der Waals surface area contributed by atoms with Crippen molar-refractivity contribution in [2.75, 3.05) is 18.0 Å². The van der Waals surface area contributed by atoms with Gasteiger partial charge in [-0.25, -0.2) is 0 Å². The fraction of sp³-hybridized carbons (Fsp3) is 0.438. The maximum atomic E-state index is 11.3. The number of aliphatic hydroxyl groups excluding tert-OH is 1. The van der Waals surface area contributed by atoms with Gasteiger partial charge in [0.1, 0.15) is 5.69 Å². The molecular formula is C16H20N4O3. The highest BCUT2D eigenvalue weighted by atomic mass is 16.6. The molecule has 0 bridgehead atoms. The van der Waals surface area contributed by atoms with Crippen LogP contribution in [0.3, 0.4) is 0 Å². The van der Waals surface area contributed by atoms with Crippen molar-refractivity contribution < 1.29 is 10.0 Å². The molecule has 0 amide bonds. The van der Waals surface area contributed by atoms with Gasteiger partial charge in [-0.3, -0.25) is 14.8 Å². The third-order valence-electron chi connectivity index (χ3n) is 4.33. The van der Waals surface area contributed by atoms with Gasteiger partial charge in [-0.2, -0.15) is 5.10 Å². The molecule has 1 aliphatic heterocycles. The van der Waals surface area contributed by atoms with Crippen LogP contribution in [0, 0.1) is 16.0 Å². The van der Waals surface area contributed by atoms with Crippen molar-refractivity contribution in [2.24, 2.45) is 13.0 Å². The van der Waals surface area contributed by atoms with E-state index in [0.717, 1.165) is 25.9 Å². The van der Waals surface area contributed by atoms with Crippen molar-refractivity contribution in [1.82, 2.24) is 9.78 Å². The minimum Gasteiger partial charge on any atom is -0.392 e. The molecule has 0 spiro atoms. The van der Waals surface area contributed by atoms with Crippen molar-refractivity contribution >= 4 is 11.4 Å². The highest BCUT2D eigenvalue weighted by molar-refractivity contribution is 5.65. The van der Waals surface area contributed by atoms with Crippen molar-refractivity contribution in [2.45, 2.75) is 19.4 Å². The first-order valence-corrected chi connectivity index (χ1v) is 7.67. The molecule has 3 rings (SSSR count). The molecule has 0 radical (unpaired) electrons. The van der Waals surface area contributed by atoms with E-state index in [2.05, 4.69) is 10.00 Å². The first kappa shape index (κ1) is 15.5. The Morgan fingerprint density at radius 1 is 1.43 bits per heavy atom. The first-order chi connectivity index (χ1) is 11.1. The highest BCUT2D eigenvalue weighted by Gasteiger charge is 2.28. The van der Waals surface area contributed by atoms with Crippen LogP contribution in [0.4, 0.5) is 11.4 Å². The zero-order chi connectivity index (χ0) is 16.4. The van der Waals surface area contributed by atoms with E-state index in [1.807, 2.05) is 19.4 Å². The largest absolute Gasteiger partial charge is 0.392 e. The van der Waals surface area contributed by atoms with E-state index in [-0.39, 0.29) is 17.2 Å². The summed E-state index contributed by atoms with van der Waals surface area (Å²) in [5.74, 6) is 0.455. The lowest BCUT2D eigenvalue weighted by molar-refractivity contribution is -0.384. The van der Waals surface area contributed by atoms with E-state index in [4.69, 9.17) is 0 Å². The van der Waals surface area contributed by atoms with Gasteiger partial charge in [0.2, 0.25) is 0 Å². The van der Waals surface area contributed by atoms with Crippen LogP contribution in [0.1, 0.15) is 17.5 Å². The average Bonchev–Trinajstić information content (AvgIpc) is 3.16. The Morgan fingerprint density at radius 3 is 2.91 bits per heavy atom. The number of hydrogen-bond donors (Lipinski definition) is 1. The molecule has 1 atom stereocenters. The quantitative estimate of drug-likeness (QED) is 0.672. The molecule has 23 heavy (non-hydrogen) atoms. The average molecular weight is 316 g/mol. The minimum atomic E-state index is -0.356. The van der Waals surface area contributed by atoms with Crippen molar-refractivity contribution in [3.05, 3.63) is 51.8 Å². The predicted molar refractivity (Wildman–Crippen MR) is 86.3 cm³/mol. The summed E-state index contributed by atoms with van der Waals surface area (Å²) in [6, 6.07) is 4.81. The summed E-state index contributed by atoms with van der Waals surface area (Å²) < 4.78 is 1.79. The third-order valence-corrected chi connectivity index (χ3v) is 4.33. The second kappa shape index (κ2) is 6.37. The lowest BCUT2D eigenvalue weighted by Gasteiger charge is -2.19. The lowest BCUT2D eigenvalue weighted by atomic mass is 10.0. The molecule has 1 N–H and O–H groups in total. The monoisotopic (exact) mass is 316 g/mol. The van der Waals surface area contributed by atoms with Gasteiger partial charge < -0.3 is 10.0 Å². The number of nitrogens with zero attached hydrogens (tertiary/aromatic N) is 4. The van der Waals surface area contributed by atoms with Crippen LogP contribution in [0.25, 0.3) is 0 Å². The Kier molecular flexibility index (Phi) is 4.29. The standard InChI is InChI=1S/C16H20N4O3/c1-18-9-14(8-17-18)6-12-4-5-19(10-12)16-7-13(11-21)2-3-15(16)20(22)23/h2-3,7-9,12,21H,4-6,10-11H2,1H3/t12-/m1/s1. The number of hydrogen-bond acceptors (Lipinski definition) is 5. The molecule has 1 fully saturated rings. The first-order valence-electron chi connectivity index (χ1n) is 7.67. The van der Waals surface area contributed by atoms with E-state index in [0.29, 0.717) is 17.2 Å². The molecule has 0 aliphatic carbocycles. The summed E-state index contributed by atoms with van der Waals surface area (Å²) in [7, 11) is 1.90. The van der Waals surface area contributed by atoms with Gasteiger partial charge >= 0.3 is 0 Å². The third kappa shape index (κ3) is 3.34. The molecule has 7 nitrogen and oxygen atoms in total. The smallest absolute Gasteiger partial charge is 0.292 e. The fourth-order valence-corrected chi connectivity index (χ4v) is 3.20. The van der Waals surface area contributed by atoms with Gasteiger partial charge in [0.05, 0.1) is 17.7 Å². The maximum Gasteiger partial charge on any atom is 0.292 e. The Hall–Kier alpha value is -2.41. The molecule has 7 heteroatoms.